The molecule has 1 aromatic heterocycles. The Morgan fingerprint density at radius 1 is 1.44 bits per heavy atom. The summed E-state index contributed by atoms with van der Waals surface area (Å²) in [7, 11) is 1.83. The third kappa shape index (κ3) is 2.43. The van der Waals surface area contributed by atoms with Gasteiger partial charge >= 0.3 is 0 Å². The van der Waals surface area contributed by atoms with E-state index in [1.54, 1.807) is 10.9 Å². The molecule has 4 heteroatoms. The Bertz CT molecular complexity index is 481. The fourth-order valence-electron chi connectivity index (χ4n) is 1.60. The SMILES string of the molecule is Cn1cc(C(O)Cc2ccccc2Cl)cn1. The summed E-state index contributed by atoms with van der Waals surface area (Å²) in [5, 5.41) is 14.7. The molecule has 2 aromatic rings. The molecule has 0 aliphatic rings. The zero-order valence-electron chi connectivity index (χ0n) is 8.97. The van der Waals surface area contributed by atoms with Gasteiger partial charge in [-0.2, -0.15) is 5.10 Å². The molecule has 0 saturated heterocycles. The Morgan fingerprint density at radius 3 is 2.81 bits per heavy atom. The molecule has 0 aliphatic carbocycles. The van der Waals surface area contributed by atoms with Gasteiger partial charge in [-0.05, 0) is 11.6 Å². The first-order valence-corrected chi connectivity index (χ1v) is 5.44. The van der Waals surface area contributed by atoms with Crippen molar-refractivity contribution in [3.05, 3.63) is 52.8 Å². The van der Waals surface area contributed by atoms with Gasteiger partial charge in [0.15, 0.2) is 0 Å². The lowest BCUT2D eigenvalue weighted by Gasteiger charge is -2.09. The number of aliphatic hydroxyl groups is 1. The van der Waals surface area contributed by atoms with Crippen LogP contribution in [0, 0.1) is 0 Å². The van der Waals surface area contributed by atoms with Crippen molar-refractivity contribution in [2.24, 2.45) is 7.05 Å². The van der Waals surface area contributed by atoms with Gasteiger partial charge in [0.1, 0.15) is 0 Å². The van der Waals surface area contributed by atoms with Crippen molar-refractivity contribution in [1.82, 2.24) is 9.78 Å². The Kier molecular flexibility index (Phi) is 3.27. The molecule has 1 unspecified atom stereocenters. The topological polar surface area (TPSA) is 38.0 Å². The van der Waals surface area contributed by atoms with Crippen LogP contribution in [-0.2, 0) is 13.5 Å². The van der Waals surface area contributed by atoms with Crippen LogP contribution in [0.25, 0.3) is 0 Å². The highest BCUT2D eigenvalue weighted by atomic mass is 35.5. The van der Waals surface area contributed by atoms with Gasteiger partial charge in [-0.15, -0.1) is 0 Å². The lowest BCUT2D eigenvalue weighted by molar-refractivity contribution is 0.178. The van der Waals surface area contributed by atoms with Crippen molar-refractivity contribution in [2.45, 2.75) is 12.5 Å². The highest BCUT2D eigenvalue weighted by molar-refractivity contribution is 6.31. The zero-order valence-corrected chi connectivity index (χ0v) is 9.72. The maximum absolute atomic E-state index is 10.00. The summed E-state index contributed by atoms with van der Waals surface area (Å²) in [6.07, 6.45) is 3.42. The molecule has 1 aromatic carbocycles. The number of aliphatic hydroxyl groups excluding tert-OH is 1. The fourth-order valence-corrected chi connectivity index (χ4v) is 1.82. The monoisotopic (exact) mass is 236 g/mol. The van der Waals surface area contributed by atoms with Gasteiger partial charge in [-0.1, -0.05) is 29.8 Å². The van der Waals surface area contributed by atoms with Crippen LogP contribution in [0.2, 0.25) is 5.02 Å². The smallest absolute Gasteiger partial charge is 0.0861 e. The largest absolute Gasteiger partial charge is 0.388 e. The van der Waals surface area contributed by atoms with Crippen LogP contribution in [0.1, 0.15) is 17.2 Å². The van der Waals surface area contributed by atoms with Gasteiger partial charge in [0.2, 0.25) is 0 Å². The van der Waals surface area contributed by atoms with E-state index < -0.39 is 6.10 Å². The number of benzene rings is 1. The first-order valence-electron chi connectivity index (χ1n) is 5.07. The van der Waals surface area contributed by atoms with E-state index in [1.165, 1.54) is 0 Å². The van der Waals surface area contributed by atoms with Gasteiger partial charge in [-0.25, -0.2) is 0 Å². The summed E-state index contributed by atoms with van der Waals surface area (Å²) in [5.74, 6) is 0. The number of aromatic nitrogens is 2. The molecule has 0 aliphatic heterocycles. The summed E-state index contributed by atoms with van der Waals surface area (Å²) in [6.45, 7) is 0. The van der Waals surface area contributed by atoms with Crippen LogP contribution in [0.15, 0.2) is 36.7 Å². The quantitative estimate of drug-likeness (QED) is 0.889. The van der Waals surface area contributed by atoms with E-state index in [9.17, 15) is 5.11 Å². The molecular formula is C12H13ClN2O. The molecule has 1 heterocycles. The van der Waals surface area contributed by atoms with Crippen molar-refractivity contribution in [3.8, 4) is 0 Å². The van der Waals surface area contributed by atoms with Gasteiger partial charge in [-0.3, -0.25) is 4.68 Å². The maximum atomic E-state index is 10.00. The van der Waals surface area contributed by atoms with Gasteiger partial charge in [0, 0.05) is 30.3 Å². The number of rotatable bonds is 3. The molecule has 0 radical (unpaired) electrons. The molecule has 84 valence electrons. The van der Waals surface area contributed by atoms with Crippen molar-refractivity contribution >= 4 is 11.6 Å². The minimum atomic E-state index is -0.561. The highest BCUT2D eigenvalue weighted by Crippen LogP contribution is 2.22. The molecular weight excluding hydrogens is 224 g/mol. The molecule has 1 N–H and O–H groups in total. The molecule has 0 spiro atoms. The molecule has 0 fully saturated rings. The molecule has 0 saturated carbocycles. The number of nitrogens with zero attached hydrogens (tertiary/aromatic N) is 2. The van der Waals surface area contributed by atoms with E-state index in [4.69, 9.17) is 11.6 Å². The first-order chi connectivity index (χ1) is 7.66. The lowest BCUT2D eigenvalue weighted by atomic mass is 10.0. The predicted molar refractivity (Wildman–Crippen MR) is 63.3 cm³/mol. The molecule has 0 bridgehead atoms. The normalized spacial score (nSPS) is 12.7. The third-order valence-electron chi connectivity index (χ3n) is 2.48. The summed E-state index contributed by atoms with van der Waals surface area (Å²) in [6, 6.07) is 7.54. The van der Waals surface area contributed by atoms with Crippen LogP contribution >= 0.6 is 11.6 Å². The van der Waals surface area contributed by atoms with Gasteiger partial charge in [0.05, 0.1) is 12.3 Å². The van der Waals surface area contributed by atoms with Crippen molar-refractivity contribution < 1.29 is 5.11 Å². The third-order valence-corrected chi connectivity index (χ3v) is 2.85. The van der Waals surface area contributed by atoms with Gasteiger partial charge < -0.3 is 5.11 Å². The summed E-state index contributed by atoms with van der Waals surface area (Å²) < 4.78 is 1.67. The predicted octanol–water partition coefficient (Wildman–Crippen LogP) is 2.35. The highest BCUT2D eigenvalue weighted by Gasteiger charge is 2.11. The molecule has 2 rings (SSSR count). The van der Waals surface area contributed by atoms with Crippen molar-refractivity contribution in [2.75, 3.05) is 0 Å². The van der Waals surface area contributed by atoms with Gasteiger partial charge in [0.25, 0.3) is 0 Å². The number of hydrogen-bond acceptors (Lipinski definition) is 2. The Hall–Kier alpha value is -1.32. The van der Waals surface area contributed by atoms with E-state index in [0.717, 1.165) is 11.1 Å². The molecule has 3 nitrogen and oxygen atoms in total. The van der Waals surface area contributed by atoms with Crippen molar-refractivity contribution in [3.63, 3.8) is 0 Å². The van der Waals surface area contributed by atoms with E-state index in [-0.39, 0.29) is 0 Å². The van der Waals surface area contributed by atoms with Crippen molar-refractivity contribution in [1.29, 1.82) is 0 Å². The zero-order chi connectivity index (χ0) is 11.5. The second-order valence-corrected chi connectivity index (χ2v) is 4.17. The number of halogens is 1. The minimum Gasteiger partial charge on any atom is -0.388 e. The average Bonchev–Trinajstić information content (AvgIpc) is 2.68. The van der Waals surface area contributed by atoms with Crippen LogP contribution in [0.4, 0.5) is 0 Å². The molecule has 1 atom stereocenters. The first kappa shape index (κ1) is 11.2. The van der Waals surface area contributed by atoms with E-state index in [1.807, 2.05) is 37.5 Å². The fraction of sp³-hybridized carbons (Fsp3) is 0.250. The minimum absolute atomic E-state index is 0.505. The van der Waals surface area contributed by atoms with E-state index >= 15 is 0 Å². The van der Waals surface area contributed by atoms with Crippen LogP contribution in [-0.4, -0.2) is 14.9 Å². The molecule has 0 amide bonds. The lowest BCUT2D eigenvalue weighted by Crippen LogP contribution is -2.01. The van der Waals surface area contributed by atoms with E-state index in [0.29, 0.717) is 11.4 Å². The second kappa shape index (κ2) is 4.68. The Morgan fingerprint density at radius 2 is 2.19 bits per heavy atom. The second-order valence-electron chi connectivity index (χ2n) is 3.76. The van der Waals surface area contributed by atoms with E-state index in [2.05, 4.69) is 5.10 Å². The number of hydrogen-bond donors (Lipinski definition) is 1. The maximum Gasteiger partial charge on any atom is 0.0861 e. The Balaban J connectivity index is 2.13. The molecule has 16 heavy (non-hydrogen) atoms. The summed E-state index contributed by atoms with van der Waals surface area (Å²) in [5.41, 5.74) is 1.75. The number of aryl methyl sites for hydroxylation is 1. The summed E-state index contributed by atoms with van der Waals surface area (Å²) in [4.78, 5) is 0. The summed E-state index contributed by atoms with van der Waals surface area (Å²) >= 11 is 6.03. The van der Waals surface area contributed by atoms with Crippen LogP contribution in [0.5, 0.6) is 0 Å². The Labute approximate surface area is 99.3 Å². The average molecular weight is 237 g/mol. The van der Waals surface area contributed by atoms with Crippen LogP contribution in [0.3, 0.4) is 0 Å². The van der Waals surface area contributed by atoms with Crippen LogP contribution < -0.4 is 0 Å². The standard InChI is InChI=1S/C12H13ClN2O/c1-15-8-10(7-14-15)12(16)6-9-4-2-3-5-11(9)13/h2-5,7-8,12,16H,6H2,1H3.